The summed E-state index contributed by atoms with van der Waals surface area (Å²) in [6, 6.07) is 9.97. The van der Waals surface area contributed by atoms with E-state index in [4.69, 9.17) is 9.47 Å². The molecule has 11 nitrogen and oxygen atoms in total. The van der Waals surface area contributed by atoms with Crippen LogP contribution in [0.2, 0.25) is 0 Å². The van der Waals surface area contributed by atoms with E-state index in [0.29, 0.717) is 13.0 Å². The van der Waals surface area contributed by atoms with Crippen molar-refractivity contribution < 1.29 is 33.4 Å². The molecule has 252 valence electrons. The largest absolute Gasteiger partial charge is 0.467 e. The van der Waals surface area contributed by atoms with Crippen LogP contribution in [-0.2, 0) is 35.1 Å². The summed E-state index contributed by atoms with van der Waals surface area (Å²) >= 11 is 0. The van der Waals surface area contributed by atoms with E-state index in [1.54, 1.807) is 27.7 Å². The number of fused-ring (bicyclic) bond motifs is 1. The summed E-state index contributed by atoms with van der Waals surface area (Å²) in [5.41, 5.74) is -0.618. The monoisotopic (exact) mass is 638 g/mol. The number of amides is 4. The van der Waals surface area contributed by atoms with Gasteiger partial charge in [0.05, 0.1) is 7.11 Å². The van der Waals surface area contributed by atoms with Gasteiger partial charge in [-0.05, 0) is 61.8 Å². The molecule has 2 aromatic rings. The van der Waals surface area contributed by atoms with Crippen LogP contribution in [0.3, 0.4) is 0 Å². The Kier molecular flexibility index (Phi) is 11.5. The first-order valence-corrected chi connectivity index (χ1v) is 15.8. The highest BCUT2D eigenvalue weighted by Crippen LogP contribution is 2.29. The zero-order valence-electron chi connectivity index (χ0n) is 28.8. The normalized spacial score (nSPS) is 18.7. The lowest BCUT2D eigenvalue weighted by Crippen LogP contribution is -2.61. The third-order valence-corrected chi connectivity index (χ3v) is 8.35. The van der Waals surface area contributed by atoms with Gasteiger partial charge in [0.15, 0.2) is 0 Å². The molecule has 2 aromatic carbocycles. The molecule has 1 unspecified atom stereocenters. The highest BCUT2D eigenvalue weighted by Gasteiger charge is 2.46. The Bertz CT molecular complexity index is 1440. The third kappa shape index (κ3) is 8.98. The summed E-state index contributed by atoms with van der Waals surface area (Å²) in [7, 11) is 2.73. The Morgan fingerprint density at radius 3 is 2.20 bits per heavy atom. The van der Waals surface area contributed by atoms with E-state index < -0.39 is 65.0 Å². The van der Waals surface area contributed by atoms with Crippen molar-refractivity contribution in [2.45, 2.75) is 98.0 Å². The molecular formula is C35H50N4O7. The minimum atomic E-state index is -0.996. The second-order valence-corrected chi connectivity index (χ2v) is 14.3. The fourth-order valence-corrected chi connectivity index (χ4v) is 5.53. The molecule has 0 aromatic heterocycles. The molecule has 1 fully saturated rings. The standard InChI is InChI=1S/C35H50N4O7/c1-21-17-18-39(31(42)28(34(3,4)5)37-29(40)22(2)38(9)33(44)46-35(6,7)8)27(21)30(41)36-26(32(43)45-10)20-23-15-16-24-13-11-12-14-25(24)19-23/h11-16,19,21-22,26-28H,17-18,20H2,1-10H3,(H,36,41)(H,37,40)/t21?,22-,26-,27-,28+/m0/s1. The molecule has 46 heavy (non-hydrogen) atoms. The molecule has 1 aliphatic heterocycles. The van der Waals surface area contributed by atoms with Crippen LogP contribution >= 0.6 is 0 Å². The van der Waals surface area contributed by atoms with Crippen molar-refractivity contribution in [2.24, 2.45) is 11.3 Å². The Balaban J connectivity index is 1.79. The lowest BCUT2D eigenvalue weighted by molar-refractivity contribution is -0.148. The lowest BCUT2D eigenvalue weighted by Gasteiger charge is -2.37. The molecule has 2 N–H and O–H groups in total. The van der Waals surface area contributed by atoms with Crippen molar-refractivity contribution in [3.05, 3.63) is 48.0 Å². The number of nitrogens with zero attached hydrogens (tertiary/aromatic N) is 2. The highest BCUT2D eigenvalue weighted by atomic mass is 16.6. The summed E-state index contributed by atoms with van der Waals surface area (Å²) in [6.45, 7) is 14.4. The van der Waals surface area contributed by atoms with E-state index in [1.165, 1.54) is 24.0 Å². The van der Waals surface area contributed by atoms with E-state index in [1.807, 2.05) is 70.2 Å². The molecule has 11 heteroatoms. The first-order chi connectivity index (χ1) is 21.3. The van der Waals surface area contributed by atoms with Crippen molar-refractivity contribution in [1.82, 2.24) is 20.4 Å². The number of hydrogen-bond donors (Lipinski definition) is 2. The van der Waals surface area contributed by atoms with Crippen LogP contribution < -0.4 is 10.6 Å². The Morgan fingerprint density at radius 1 is 0.978 bits per heavy atom. The Labute approximate surface area is 272 Å². The quantitative estimate of drug-likeness (QED) is 0.396. The molecule has 0 bridgehead atoms. The van der Waals surface area contributed by atoms with Crippen molar-refractivity contribution in [1.29, 1.82) is 0 Å². The van der Waals surface area contributed by atoms with Gasteiger partial charge in [0.2, 0.25) is 17.7 Å². The number of methoxy groups -OCH3 is 1. The number of nitrogens with one attached hydrogen (secondary N) is 2. The van der Waals surface area contributed by atoms with Crippen LogP contribution in [0.5, 0.6) is 0 Å². The topological polar surface area (TPSA) is 134 Å². The summed E-state index contributed by atoms with van der Waals surface area (Å²) in [6.07, 6.45) is 0.116. The zero-order chi connectivity index (χ0) is 34.6. The maximum absolute atomic E-state index is 14.1. The molecule has 4 amide bonds. The average Bonchev–Trinajstić information content (AvgIpc) is 3.37. The molecule has 1 saturated heterocycles. The maximum atomic E-state index is 14.1. The molecule has 5 atom stereocenters. The number of hydrogen-bond acceptors (Lipinski definition) is 7. The van der Waals surface area contributed by atoms with Gasteiger partial charge >= 0.3 is 12.1 Å². The maximum Gasteiger partial charge on any atom is 0.410 e. The van der Waals surface area contributed by atoms with Gasteiger partial charge in [-0.3, -0.25) is 19.3 Å². The fraction of sp³-hybridized carbons (Fsp3) is 0.571. The molecule has 0 aliphatic carbocycles. The predicted molar refractivity (Wildman–Crippen MR) is 176 cm³/mol. The van der Waals surface area contributed by atoms with Crippen LogP contribution in [0.25, 0.3) is 10.8 Å². The Hall–Kier alpha value is -4.15. The highest BCUT2D eigenvalue weighted by molar-refractivity contribution is 5.95. The van der Waals surface area contributed by atoms with E-state index in [-0.39, 0.29) is 12.3 Å². The average molecular weight is 639 g/mol. The van der Waals surface area contributed by atoms with Gasteiger partial charge in [0.1, 0.15) is 29.8 Å². The van der Waals surface area contributed by atoms with Crippen LogP contribution in [0, 0.1) is 11.3 Å². The predicted octanol–water partition coefficient (Wildman–Crippen LogP) is 4.06. The van der Waals surface area contributed by atoms with Gasteiger partial charge in [-0.1, -0.05) is 70.2 Å². The van der Waals surface area contributed by atoms with Gasteiger partial charge < -0.3 is 25.0 Å². The van der Waals surface area contributed by atoms with Crippen molar-refractivity contribution in [3.63, 3.8) is 0 Å². The smallest absolute Gasteiger partial charge is 0.410 e. The van der Waals surface area contributed by atoms with E-state index >= 15 is 0 Å². The van der Waals surface area contributed by atoms with Gasteiger partial charge in [-0.2, -0.15) is 0 Å². The number of likely N-dealkylation sites (tertiary alicyclic amines) is 1. The van der Waals surface area contributed by atoms with E-state index in [2.05, 4.69) is 10.6 Å². The summed E-state index contributed by atoms with van der Waals surface area (Å²) in [5.74, 6) is -2.20. The van der Waals surface area contributed by atoms with Crippen LogP contribution in [-0.4, -0.2) is 90.1 Å². The first-order valence-electron chi connectivity index (χ1n) is 15.8. The van der Waals surface area contributed by atoms with Crippen LogP contribution in [0.15, 0.2) is 42.5 Å². The lowest BCUT2D eigenvalue weighted by atomic mass is 9.85. The molecule has 0 saturated carbocycles. The Morgan fingerprint density at radius 2 is 1.61 bits per heavy atom. The van der Waals surface area contributed by atoms with E-state index in [9.17, 15) is 24.0 Å². The molecule has 1 aliphatic rings. The summed E-state index contributed by atoms with van der Waals surface area (Å²) in [5, 5.41) is 7.76. The van der Waals surface area contributed by atoms with Gasteiger partial charge in [0, 0.05) is 20.0 Å². The molecule has 1 heterocycles. The van der Waals surface area contributed by atoms with Gasteiger partial charge in [-0.25, -0.2) is 9.59 Å². The fourth-order valence-electron chi connectivity index (χ4n) is 5.53. The zero-order valence-corrected chi connectivity index (χ0v) is 28.8. The van der Waals surface area contributed by atoms with Crippen LogP contribution in [0.1, 0.15) is 67.4 Å². The second kappa shape index (κ2) is 14.5. The third-order valence-electron chi connectivity index (χ3n) is 8.35. The molecule has 0 radical (unpaired) electrons. The molecular weight excluding hydrogens is 588 g/mol. The number of likely N-dealkylation sites (N-methyl/N-ethyl adjacent to an activating group) is 1. The molecule has 0 spiro atoms. The van der Waals surface area contributed by atoms with Crippen molar-refractivity contribution in [2.75, 3.05) is 20.7 Å². The number of esters is 1. The first kappa shape index (κ1) is 36.3. The van der Waals surface area contributed by atoms with Crippen molar-refractivity contribution >= 4 is 40.6 Å². The number of rotatable bonds is 9. The number of carbonyl (C=O) groups is 5. The van der Waals surface area contributed by atoms with Crippen LogP contribution in [0.4, 0.5) is 4.79 Å². The van der Waals surface area contributed by atoms with Gasteiger partial charge in [-0.15, -0.1) is 0 Å². The minimum absolute atomic E-state index is 0.198. The minimum Gasteiger partial charge on any atom is -0.467 e. The van der Waals surface area contributed by atoms with Crippen molar-refractivity contribution in [3.8, 4) is 0 Å². The number of carbonyl (C=O) groups excluding carboxylic acids is 5. The number of benzene rings is 2. The second-order valence-electron chi connectivity index (χ2n) is 14.3. The number of ether oxygens (including phenoxy) is 2. The molecule has 3 rings (SSSR count). The van der Waals surface area contributed by atoms with E-state index in [0.717, 1.165) is 16.3 Å². The van der Waals surface area contributed by atoms with Gasteiger partial charge in [0.25, 0.3) is 0 Å². The summed E-state index contributed by atoms with van der Waals surface area (Å²) < 4.78 is 10.4. The SMILES string of the molecule is COC(=O)[C@H](Cc1ccc2ccccc2c1)NC(=O)[C@@H]1C(C)CCN1C(=O)[C@@H](NC(=O)[C@H](C)N(C)C(=O)OC(C)(C)C)C(C)(C)C. The summed E-state index contributed by atoms with van der Waals surface area (Å²) in [4.78, 5) is 69.4.